The predicted molar refractivity (Wildman–Crippen MR) is 113 cm³/mol. The highest BCUT2D eigenvalue weighted by Crippen LogP contribution is 2.47. The number of thiophene rings is 1. The third kappa shape index (κ3) is 2.90. The molecule has 2 aromatic rings. The molecule has 1 amide bonds. The Morgan fingerprint density at radius 2 is 1.93 bits per heavy atom. The lowest BCUT2D eigenvalue weighted by molar-refractivity contribution is 0.0934. The molecular formula is C21H23BrN2O3S. The first-order chi connectivity index (χ1) is 13.3. The van der Waals surface area contributed by atoms with Gasteiger partial charge in [0.05, 0.1) is 5.56 Å². The fourth-order valence-electron chi connectivity index (χ4n) is 4.35. The molecule has 2 atom stereocenters. The van der Waals surface area contributed by atoms with Crippen LogP contribution in [0.15, 0.2) is 16.6 Å². The minimum Gasteiger partial charge on any atom is -0.454 e. The average Bonchev–Trinajstić information content (AvgIpc) is 3.22. The molecule has 3 heterocycles. The molecule has 2 aliphatic heterocycles. The normalized spacial score (nSPS) is 22.9. The number of amides is 1. The zero-order valence-electron chi connectivity index (χ0n) is 16.1. The Hall–Kier alpha value is -1.73. The molecule has 5 rings (SSSR count). The van der Waals surface area contributed by atoms with E-state index < -0.39 is 0 Å². The van der Waals surface area contributed by atoms with Crippen LogP contribution in [0.25, 0.3) is 0 Å². The van der Waals surface area contributed by atoms with Crippen molar-refractivity contribution in [2.45, 2.75) is 46.2 Å². The lowest BCUT2D eigenvalue weighted by Gasteiger charge is -2.34. The van der Waals surface area contributed by atoms with Crippen LogP contribution in [-0.4, -0.2) is 12.7 Å². The number of carbonyl (C=O) groups excluding carboxylic acids is 1. The van der Waals surface area contributed by atoms with E-state index in [0.29, 0.717) is 11.7 Å². The van der Waals surface area contributed by atoms with E-state index >= 15 is 0 Å². The number of anilines is 1. The number of halogens is 1. The third-order valence-corrected chi connectivity index (χ3v) is 7.94. The molecule has 28 heavy (non-hydrogen) atoms. The summed E-state index contributed by atoms with van der Waals surface area (Å²) in [5.41, 5.74) is 3.31. The topological polar surface area (TPSA) is 59.6 Å². The van der Waals surface area contributed by atoms with E-state index in [1.807, 2.05) is 12.1 Å². The van der Waals surface area contributed by atoms with Crippen molar-refractivity contribution in [1.82, 2.24) is 5.32 Å². The molecule has 0 fully saturated rings. The van der Waals surface area contributed by atoms with Crippen LogP contribution in [0, 0.1) is 11.3 Å². The van der Waals surface area contributed by atoms with E-state index in [-0.39, 0.29) is 24.3 Å². The smallest absolute Gasteiger partial charge is 0.256 e. The van der Waals surface area contributed by atoms with Crippen LogP contribution in [-0.2, 0) is 12.8 Å². The zero-order valence-corrected chi connectivity index (χ0v) is 18.6. The Labute approximate surface area is 176 Å². The number of hydrogen-bond acceptors (Lipinski definition) is 5. The molecule has 148 valence electrons. The van der Waals surface area contributed by atoms with E-state index in [4.69, 9.17) is 9.47 Å². The SMILES string of the molecule is CC(C)(C)[C@H]1CCc2c(sc3c2C(=O)N[C@@H](c2cc4c(cc2Br)OCO4)N3)C1. The predicted octanol–water partition coefficient (Wildman–Crippen LogP) is 5.24. The summed E-state index contributed by atoms with van der Waals surface area (Å²) in [6.45, 7) is 7.17. The number of rotatable bonds is 1. The third-order valence-electron chi connectivity index (χ3n) is 6.07. The quantitative estimate of drug-likeness (QED) is 0.607. The van der Waals surface area contributed by atoms with Gasteiger partial charge in [0.1, 0.15) is 11.2 Å². The monoisotopic (exact) mass is 462 g/mol. The van der Waals surface area contributed by atoms with Gasteiger partial charge in [-0.2, -0.15) is 0 Å². The summed E-state index contributed by atoms with van der Waals surface area (Å²) in [6, 6.07) is 3.83. The van der Waals surface area contributed by atoms with Gasteiger partial charge in [0.25, 0.3) is 5.91 Å². The summed E-state index contributed by atoms with van der Waals surface area (Å²) in [7, 11) is 0. The van der Waals surface area contributed by atoms with E-state index in [1.165, 1.54) is 10.4 Å². The molecule has 7 heteroatoms. The van der Waals surface area contributed by atoms with E-state index in [2.05, 4.69) is 47.3 Å². The Kier molecular flexibility index (Phi) is 4.18. The van der Waals surface area contributed by atoms with Gasteiger partial charge in [0, 0.05) is 14.9 Å². The second-order valence-electron chi connectivity index (χ2n) is 8.79. The maximum Gasteiger partial charge on any atom is 0.256 e. The number of carbonyl (C=O) groups is 1. The fourth-order valence-corrected chi connectivity index (χ4v) is 6.25. The number of nitrogens with one attached hydrogen (secondary N) is 2. The van der Waals surface area contributed by atoms with Gasteiger partial charge in [0.2, 0.25) is 6.79 Å². The Bertz CT molecular complexity index is 979. The van der Waals surface area contributed by atoms with Crippen molar-refractivity contribution in [1.29, 1.82) is 0 Å². The van der Waals surface area contributed by atoms with Crippen LogP contribution in [0.1, 0.15) is 59.7 Å². The van der Waals surface area contributed by atoms with E-state index in [0.717, 1.165) is 45.6 Å². The van der Waals surface area contributed by atoms with Gasteiger partial charge in [-0.3, -0.25) is 4.79 Å². The van der Waals surface area contributed by atoms with Gasteiger partial charge in [-0.25, -0.2) is 0 Å². The van der Waals surface area contributed by atoms with Crippen molar-refractivity contribution in [3.05, 3.63) is 38.2 Å². The summed E-state index contributed by atoms with van der Waals surface area (Å²) < 4.78 is 11.8. The molecule has 0 saturated heterocycles. The van der Waals surface area contributed by atoms with Crippen molar-refractivity contribution in [2.24, 2.45) is 11.3 Å². The van der Waals surface area contributed by atoms with Crippen LogP contribution >= 0.6 is 27.3 Å². The minimum absolute atomic E-state index is 0.00928. The van der Waals surface area contributed by atoms with E-state index in [1.54, 1.807) is 11.3 Å². The fraction of sp³-hybridized carbons (Fsp3) is 0.476. The molecule has 5 nitrogen and oxygen atoms in total. The number of ether oxygens (including phenoxy) is 2. The van der Waals surface area contributed by atoms with Gasteiger partial charge in [0.15, 0.2) is 11.5 Å². The minimum atomic E-state index is -0.303. The molecule has 0 saturated carbocycles. The average molecular weight is 463 g/mol. The van der Waals surface area contributed by atoms with Crippen molar-refractivity contribution in [3.63, 3.8) is 0 Å². The van der Waals surface area contributed by atoms with Crippen LogP contribution in [0.2, 0.25) is 0 Å². The molecule has 0 unspecified atom stereocenters. The lowest BCUT2D eigenvalue weighted by atomic mass is 9.72. The first kappa shape index (κ1) is 18.3. The highest BCUT2D eigenvalue weighted by atomic mass is 79.9. The molecule has 0 bridgehead atoms. The van der Waals surface area contributed by atoms with Crippen molar-refractivity contribution < 1.29 is 14.3 Å². The molecule has 0 radical (unpaired) electrons. The standard InChI is InChI=1S/C21H23BrN2O3S/c1-21(2,3)10-4-5-11-16(6-10)28-20-17(11)19(25)23-18(24-20)12-7-14-15(8-13(12)22)27-9-26-14/h7-8,10,18,24H,4-6,9H2,1-3H3,(H,23,25)/t10-,18+/m0/s1. The number of hydrogen-bond donors (Lipinski definition) is 2. The maximum atomic E-state index is 13.0. The summed E-state index contributed by atoms with van der Waals surface area (Å²) in [5, 5.41) is 7.66. The second kappa shape index (κ2) is 6.39. The van der Waals surface area contributed by atoms with Gasteiger partial charge < -0.3 is 20.1 Å². The molecule has 1 aromatic heterocycles. The van der Waals surface area contributed by atoms with Crippen molar-refractivity contribution >= 4 is 38.2 Å². The highest BCUT2D eigenvalue weighted by Gasteiger charge is 2.37. The lowest BCUT2D eigenvalue weighted by Crippen LogP contribution is -2.38. The maximum absolute atomic E-state index is 13.0. The van der Waals surface area contributed by atoms with Crippen LogP contribution < -0.4 is 20.1 Å². The zero-order chi connectivity index (χ0) is 19.6. The Balaban J connectivity index is 1.48. The first-order valence-corrected chi connectivity index (χ1v) is 11.2. The largest absolute Gasteiger partial charge is 0.454 e. The molecule has 2 N–H and O–H groups in total. The molecule has 1 aromatic carbocycles. The van der Waals surface area contributed by atoms with E-state index in [9.17, 15) is 4.79 Å². The Morgan fingerprint density at radius 1 is 1.18 bits per heavy atom. The molecule has 3 aliphatic rings. The van der Waals surface area contributed by atoms with Crippen LogP contribution in [0.4, 0.5) is 5.00 Å². The highest BCUT2D eigenvalue weighted by molar-refractivity contribution is 9.10. The number of benzene rings is 1. The first-order valence-electron chi connectivity index (χ1n) is 9.62. The van der Waals surface area contributed by atoms with Crippen LogP contribution in [0.5, 0.6) is 11.5 Å². The van der Waals surface area contributed by atoms with Gasteiger partial charge in [-0.05, 0) is 48.3 Å². The summed E-state index contributed by atoms with van der Waals surface area (Å²) >= 11 is 5.36. The van der Waals surface area contributed by atoms with Gasteiger partial charge >= 0.3 is 0 Å². The number of fused-ring (bicyclic) bond motifs is 4. The van der Waals surface area contributed by atoms with Crippen molar-refractivity contribution in [3.8, 4) is 11.5 Å². The van der Waals surface area contributed by atoms with Crippen molar-refractivity contribution in [2.75, 3.05) is 12.1 Å². The molecular weight excluding hydrogens is 440 g/mol. The van der Waals surface area contributed by atoms with Crippen LogP contribution in [0.3, 0.4) is 0 Å². The molecule has 0 spiro atoms. The van der Waals surface area contributed by atoms with Gasteiger partial charge in [-0.15, -0.1) is 11.3 Å². The summed E-state index contributed by atoms with van der Waals surface area (Å²) in [4.78, 5) is 14.4. The molecule has 1 aliphatic carbocycles. The summed E-state index contributed by atoms with van der Waals surface area (Å²) in [5.74, 6) is 2.09. The second-order valence-corrected chi connectivity index (χ2v) is 10.8. The summed E-state index contributed by atoms with van der Waals surface area (Å²) in [6.07, 6.45) is 2.88. The van der Waals surface area contributed by atoms with Gasteiger partial charge in [-0.1, -0.05) is 36.7 Å². The Morgan fingerprint density at radius 3 is 2.68 bits per heavy atom.